The molecular formula is C20H28Cl2N2O. The summed E-state index contributed by atoms with van der Waals surface area (Å²) >= 11 is 0. The number of benzene rings is 2. The van der Waals surface area contributed by atoms with Crippen LogP contribution in [0.3, 0.4) is 0 Å². The average Bonchev–Trinajstić information content (AvgIpc) is 2.60. The minimum Gasteiger partial charge on any atom is -0.492 e. The van der Waals surface area contributed by atoms with Crippen LogP contribution in [0.15, 0.2) is 48.5 Å². The molecule has 5 heteroatoms. The van der Waals surface area contributed by atoms with E-state index in [4.69, 9.17) is 4.74 Å². The topological polar surface area (TPSA) is 15.7 Å². The maximum Gasteiger partial charge on any atom is 0.122 e. The van der Waals surface area contributed by atoms with Crippen LogP contribution >= 0.6 is 24.8 Å². The Morgan fingerprint density at radius 2 is 1.52 bits per heavy atom. The summed E-state index contributed by atoms with van der Waals surface area (Å²) in [4.78, 5) is 4.95. The van der Waals surface area contributed by atoms with Gasteiger partial charge in [0.2, 0.25) is 0 Å². The van der Waals surface area contributed by atoms with Crippen LogP contribution in [0.4, 0.5) is 5.69 Å². The van der Waals surface area contributed by atoms with Crippen LogP contribution in [-0.2, 0) is 0 Å². The van der Waals surface area contributed by atoms with E-state index in [0.29, 0.717) is 0 Å². The van der Waals surface area contributed by atoms with Crippen LogP contribution < -0.4 is 9.64 Å². The zero-order chi connectivity index (χ0) is 16.1. The number of para-hydroxylation sites is 1. The fourth-order valence-corrected chi connectivity index (χ4v) is 3.03. The van der Waals surface area contributed by atoms with Gasteiger partial charge in [-0.15, -0.1) is 24.8 Å². The van der Waals surface area contributed by atoms with Gasteiger partial charge in [-0.1, -0.05) is 30.3 Å². The SMILES string of the molecule is Cc1cccc(OCCN2CCN(c3ccccc3)CC2)c1C.Cl.Cl. The molecule has 0 amide bonds. The molecule has 0 unspecified atom stereocenters. The predicted molar refractivity (Wildman–Crippen MR) is 111 cm³/mol. The third-order valence-electron chi connectivity index (χ3n) is 4.71. The van der Waals surface area contributed by atoms with Crippen molar-refractivity contribution in [3.63, 3.8) is 0 Å². The van der Waals surface area contributed by atoms with E-state index in [2.05, 4.69) is 72.2 Å². The quantitative estimate of drug-likeness (QED) is 0.764. The van der Waals surface area contributed by atoms with Gasteiger partial charge in [-0.3, -0.25) is 4.90 Å². The van der Waals surface area contributed by atoms with Crippen molar-refractivity contribution in [3.05, 3.63) is 59.7 Å². The first-order valence-corrected chi connectivity index (χ1v) is 8.45. The second-order valence-corrected chi connectivity index (χ2v) is 6.21. The van der Waals surface area contributed by atoms with E-state index in [9.17, 15) is 0 Å². The zero-order valence-corrected chi connectivity index (χ0v) is 16.6. The monoisotopic (exact) mass is 382 g/mol. The number of hydrogen-bond acceptors (Lipinski definition) is 3. The highest BCUT2D eigenvalue weighted by molar-refractivity contribution is 5.85. The molecule has 25 heavy (non-hydrogen) atoms. The molecule has 3 rings (SSSR count). The van der Waals surface area contributed by atoms with Gasteiger partial charge in [0, 0.05) is 38.4 Å². The summed E-state index contributed by atoms with van der Waals surface area (Å²) in [5, 5.41) is 0. The Bertz CT molecular complexity index is 629. The normalized spacial score (nSPS) is 14.4. The molecule has 0 aliphatic carbocycles. The second-order valence-electron chi connectivity index (χ2n) is 6.21. The molecule has 0 bridgehead atoms. The molecule has 0 spiro atoms. The Kier molecular flexibility index (Phi) is 9.12. The summed E-state index contributed by atoms with van der Waals surface area (Å²) in [7, 11) is 0. The molecule has 2 aromatic carbocycles. The molecule has 0 aromatic heterocycles. The number of rotatable bonds is 5. The van der Waals surface area contributed by atoms with Crippen LogP contribution in [0.1, 0.15) is 11.1 Å². The third kappa shape index (κ3) is 5.81. The standard InChI is InChI=1S/C20H26N2O.2ClH/c1-17-7-6-10-20(18(17)2)23-16-15-21-11-13-22(14-12-21)19-8-4-3-5-9-19;;/h3-10H,11-16H2,1-2H3;2*1H. The Morgan fingerprint density at radius 3 is 2.20 bits per heavy atom. The fourth-order valence-electron chi connectivity index (χ4n) is 3.03. The summed E-state index contributed by atoms with van der Waals surface area (Å²) < 4.78 is 5.98. The molecule has 1 saturated heterocycles. The third-order valence-corrected chi connectivity index (χ3v) is 4.71. The van der Waals surface area contributed by atoms with Gasteiger partial charge < -0.3 is 9.64 Å². The van der Waals surface area contributed by atoms with E-state index in [1.54, 1.807) is 0 Å². The van der Waals surface area contributed by atoms with E-state index in [0.717, 1.165) is 45.1 Å². The lowest BCUT2D eigenvalue weighted by Crippen LogP contribution is -2.47. The number of hydrogen-bond donors (Lipinski definition) is 0. The summed E-state index contributed by atoms with van der Waals surface area (Å²) in [6.07, 6.45) is 0. The number of piperazine rings is 1. The Hall–Kier alpha value is -1.42. The van der Waals surface area contributed by atoms with Gasteiger partial charge in [0.05, 0.1) is 0 Å². The number of aryl methyl sites for hydroxylation is 1. The number of nitrogens with zero attached hydrogens (tertiary/aromatic N) is 2. The molecule has 3 nitrogen and oxygen atoms in total. The van der Waals surface area contributed by atoms with E-state index in [1.165, 1.54) is 16.8 Å². The molecule has 1 aliphatic rings. The molecule has 0 atom stereocenters. The Morgan fingerprint density at radius 1 is 0.840 bits per heavy atom. The highest BCUT2D eigenvalue weighted by Crippen LogP contribution is 2.20. The summed E-state index contributed by atoms with van der Waals surface area (Å²) in [6.45, 7) is 10.4. The molecule has 1 heterocycles. The van der Waals surface area contributed by atoms with Crippen molar-refractivity contribution >= 4 is 30.5 Å². The number of ether oxygens (including phenoxy) is 1. The maximum absolute atomic E-state index is 5.98. The minimum atomic E-state index is 0. The van der Waals surface area contributed by atoms with Crippen molar-refractivity contribution in [2.24, 2.45) is 0 Å². The largest absolute Gasteiger partial charge is 0.492 e. The first-order valence-electron chi connectivity index (χ1n) is 8.45. The van der Waals surface area contributed by atoms with Crippen molar-refractivity contribution in [1.82, 2.24) is 4.90 Å². The van der Waals surface area contributed by atoms with E-state index >= 15 is 0 Å². The zero-order valence-electron chi connectivity index (χ0n) is 15.0. The number of halogens is 2. The van der Waals surface area contributed by atoms with Crippen LogP contribution in [0, 0.1) is 13.8 Å². The van der Waals surface area contributed by atoms with Gasteiger partial charge in [0.15, 0.2) is 0 Å². The Labute approximate surface area is 163 Å². The predicted octanol–water partition coefficient (Wildman–Crippen LogP) is 4.35. The van der Waals surface area contributed by atoms with Gasteiger partial charge in [0.1, 0.15) is 12.4 Å². The molecule has 1 aliphatic heterocycles. The molecule has 0 N–H and O–H groups in total. The van der Waals surface area contributed by atoms with Gasteiger partial charge in [-0.05, 0) is 43.2 Å². The van der Waals surface area contributed by atoms with Crippen molar-refractivity contribution in [1.29, 1.82) is 0 Å². The van der Waals surface area contributed by atoms with Gasteiger partial charge in [-0.25, -0.2) is 0 Å². The molecule has 1 fully saturated rings. The van der Waals surface area contributed by atoms with Crippen LogP contribution in [0.5, 0.6) is 5.75 Å². The summed E-state index contributed by atoms with van der Waals surface area (Å²) in [5.74, 6) is 1.02. The van der Waals surface area contributed by atoms with Gasteiger partial charge in [-0.2, -0.15) is 0 Å². The van der Waals surface area contributed by atoms with Crippen LogP contribution in [-0.4, -0.2) is 44.2 Å². The molecule has 0 saturated carbocycles. The van der Waals surface area contributed by atoms with Gasteiger partial charge >= 0.3 is 0 Å². The fraction of sp³-hybridized carbons (Fsp3) is 0.400. The Balaban J connectivity index is 0.00000156. The molecule has 0 radical (unpaired) electrons. The van der Waals surface area contributed by atoms with Gasteiger partial charge in [0.25, 0.3) is 0 Å². The van der Waals surface area contributed by atoms with Crippen molar-refractivity contribution in [2.45, 2.75) is 13.8 Å². The van der Waals surface area contributed by atoms with E-state index < -0.39 is 0 Å². The van der Waals surface area contributed by atoms with E-state index in [1.807, 2.05) is 0 Å². The lowest BCUT2D eigenvalue weighted by molar-refractivity contribution is 0.200. The molecule has 2 aromatic rings. The second kappa shape index (κ2) is 10.5. The first-order chi connectivity index (χ1) is 11.2. The highest BCUT2D eigenvalue weighted by atomic mass is 35.5. The van der Waals surface area contributed by atoms with Crippen molar-refractivity contribution in [2.75, 3.05) is 44.2 Å². The van der Waals surface area contributed by atoms with E-state index in [-0.39, 0.29) is 24.8 Å². The molecule has 138 valence electrons. The highest BCUT2D eigenvalue weighted by Gasteiger charge is 2.16. The summed E-state index contributed by atoms with van der Waals surface area (Å²) in [6, 6.07) is 16.9. The average molecular weight is 383 g/mol. The number of anilines is 1. The van der Waals surface area contributed by atoms with Crippen LogP contribution in [0.2, 0.25) is 0 Å². The summed E-state index contributed by atoms with van der Waals surface area (Å²) in [5.41, 5.74) is 3.87. The lowest BCUT2D eigenvalue weighted by atomic mass is 10.1. The maximum atomic E-state index is 5.98. The first kappa shape index (κ1) is 21.6. The smallest absolute Gasteiger partial charge is 0.122 e. The minimum absolute atomic E-state index is 0. The molecular weight excluding hydrogens is 355 g/mol. The van der Waals surface area contributed by atoms with Crippen molar-refractivity contribution in [3.8, 4) is 5.75 Å². The van der Waals surface area contributed by atoms with Crippen molar-refractivity contribution < 1.29 is 4.74 Å². The van der Waals surface area contributed by atoms with Crippen LogP contribution in [0.25, 0.3) is 0 Å². The lowest BCUT2D eigenvalue weighted by Gasteiger charge is -2.36.